The fraction of sp³-hybridized carbons (Fsp3) is 0.667. The summed E-state index contributed by atoms with van der Waals surface area (Å²) in [7, 11) is -0.770. The summed E-state index contributed by atoms with van der Waals surface area (Å²) >= 11 is 1.59. The maximum Gasteiger partial charge on any atom is 0.0999 e. The molecule has 1 nitrogen and oxygen atoms in total. The molecule has 0 aromatic rings. The van der Waals surface area contributed by atoms with Gasteiger partial charge in [-0.05, 0) is 13.2 Å². The lowest BCUT2D eigenvalue weighted by Crippen LogP contribution is -2.08. The Balaban J connectivity index is 3.99. The third-order valence-corrected chi connectivity index (χ3v) is 4.14. The fourth-order valence-electron chi connectivity index (χ4n) is 0.620. The van der Waals surface area contributed by atoms with Crippen molar-refractivity contribution in [2.75, 3.05) is 12.5 Å². The van der Waals surface area contributed by atoms with Crippen LogP contribution in [0.2, 0.25) is 0 Å². The van der Waals surface area contributed by atoms with E-state index in [0.29, 0.717) is 0 Å². The van der Waals surface area contributed by atoms with Crippen molar-refractivity contribution < 1.29 is 4.21 Å². The van der Waals surface area contributed by atoms with Crippen LogP contribution in [-0.4, -0.2) is 21.3 Å². The molecule has 0 bridgehead atoms. The Labute approximate surface area is 63.4 Å². The molecular weight excluding hydrogens is 152 g/mol. The summed E-state index contributed by atoms with van der Waals surface area (Å²) in [4.78, 5) is 0. The zero-order valence-electron chi connectivity index (χ0n) is 6.01. The molecule has 0 aromatic heterocycles. The summed E-state index contributed by atoms with van der Waals surface area (Å²) in [6.45, 7) is 5.64. The van der Waals surface area contributed by atoms with Gasteiger partial charge in [-0.25, -0.2) is 0 Å². The van der Waals surface area contributed by atoms with E-state index in [0.717, 1.165) is 5.57 Å². The van der Waals surface area contributed by atoms with Crippen molar-refractivity contribution in [3.05, 3.63) is 12.2 Å². The maximum atomic E-state index is 10.8. The lowest BCUT2D eigenvalue weighted by atomic mass is 10.4. The first-order valence-corrected chi connectivity index (χ1v) is 5.51. The average Bonchev–Trinajstić information content (AvgIpc) is 1.64. The molecule has 0 amide bonds. The highest BCUT2D eigenvalue weighted by Crippen LogP contribution is 2.16. The summed E-state index contributed by atoms with van der Waals surface area (Å²) in [6.07, 6.45) is 3.65. The summed E-state index contributed by atoms with van der Waals surface area (Å²) in [5.41, 5.74) is 0.989. The zero-order chi connectivity index (χ0) is 7.44. The van der Waals surface area contributed by atoms with Crippen LogP contribution in [0.1, 0.15) is 6.92 Å². The van der Waals surface area contributed by atoms with E-state index in [1.807, 2.05) is 13.2 Å². The molecule has 3 heteroatoms. The highest BCUT2D eigenvalue weighted by atomic mass is 32.2. The molecule has 0 saturated heterocycles. The van der Waals surface area contributed by atoms with Crippen molar-refractivity contribution >= 4 is 22.6 Å². The van der Waals surface area contributed by atoms with Gasteiger partial charge in [-0.15, -0.1) is 11.8 Å². The molecule has 0 aliphatic carbocycles. The predicted molar refractivity (Wildman–Crippen MR) is 46.2 cm³/mol. The molecule has 0 heterocycles. The van der Waals surface area contributed by atoms with Crippen molar-refractivity contribution in [2.24, 2.45) is 0 Å². The SMILES string of the molecule is C=C(C)C(SC)S(C)=O. The molecule has 0 aliphatic heterocycles. The van der Waals surface area contributed by atoms with Gasteiger partial charge in [0.05, 0.1) is 4.58 Å². The summed E-state index contributed by atoms with van der Waals surface area (Å²) in [5.74, 6) is 0. The molecule has 0 aromatic carbocycles. The molecule has 0 rings (SSSR count). The van der Waals surface area contributed by atoms with Gasteiger partial charge in [-0.2, -0.15) is 0 Å². The van der Waals surface area contributed by atoms with Crippen LogP contribution in [0.3, 0.4) is 0 Å². The Bertz CT molecular complexity index is 117. The first-order chi connectivity index (χ1) is 4.09. The molecular formula is C6H12OS2. The highest BCUT2D eigenvalue weighted by Gasteiger charge is 2.10. The van der Waals surface area contributed by atoms with E-state index in [2.05, 4.69) is 6.58 Å². The molecule has 0 N–H and O–H groups in total. The Morgan fingerprint density at radius 3 is 2.22 bits per heavy atom. The van der Waals surface area contributed by atoms with Crippen LogP contribution in [0, 0.1) is 0 Å². The van der Waals surface area contributed by atoms with E-state index < -0.39 is 10.8 Å². The van der Waals surface area contributed by atoms with Crippen LogP contribution < -0.4 is 0 Å². The molecule has 0 radical (unpaired) electrons. The topological polar surface area (TPSA) is 17.1 Å². The Kier molecular flexibility index (Phi) is 4.23. The van der Waals surface area contributed by atoms with Gasteiger partial charge in [-0.3, -0.25) is 4.21 Å². The lowest BCUT2D eigenvalue weighted by molar-refractivity contribution is 0.687. The van der Waals surface area contributed by atoms with Crippen molar-refractivity contribution in [3.8, 4) is 0 Å². The second-order valence-corrected chi connectivity index (χ2v) is 4.62. The standard InChI is InChI=1S/C6H12OS2/c1-5(2)6(8-3)9(4)7/h6H,1H2,2-4H3. The second-order valence-electron chi connectivity index (χ2n) is 1.91. The van der Waals surface area contributed by atoms with Crippen molar-refractivity contribution in [1.29, 1.82) is 0 Å². The number of hydrogen-bond donors (Lipinski definition) is 0. The molecule has 54 valence electrons. The minimum absolute atomic E-state index is 0.116. The Morgan fingerprint density at radius 2 is 2.22 bits per heavy atom. The van der Waals surface area contributed by atoms with Gasteiger partial charge >= 0.3 is 0 Å². The molecule has 9 heavy (non-hydrogen) atoms. The van der Waals surface area contributed by atoms with Gasteiger partial charge < -0.3 is 0 Å². The van der Waals surface area contributed by atoms with E-state index in [1.165, 1.54) is 0 Å². The minimum atomic E-state index is -0.770. The van der Waals surface area contributed by atoms with Gasteiger partial charge in [0.1, 0.15) is 0 Å². The molecule has 0 aliphatic rings. The van der Waals surface area contributed by atoms with Gasteiger partial charge in [0.15, 0.2) is 0 Å². The Hall–Kier alpha value is 0.240. The van der Waals surface area contributed by atoms with Gasteiger partial charge in [0, 0.05) is 17.1 Å². The second kappa shape index (κ2) is 4.12. The quantitative estimate of drug-likeness (QED) is 0.590. The van der Waals surface area contributed by atoms with Gasteiger partial charge in [0.2, 0.25) is 0 Å². The third-order valence-electron chi connectivity index (χ3n) is 0.918. The van der Waals surface area contributed by atoms with Crippen LogP contribution >= 0.6 is 11.8 Å². The maximum absolute atomic E-state index is 10.8. The van der Waals surface area contributed by atoms with Crippen molar-refractivity contribution in [1.82, 2.24) is 0 Å². The van der Waals surface area contributed by atoms with E-state index in [1.54, 1.807) is 18.0 Å². The zero-order valence-corrected chi connectivity index (χ0v) is 7.64. The van der Waals surface area contributed by atoms with Crippen LogP contribution in [0.4, 0.5) is 0 Å². The summed E-state index contributed by atoms with van der Waals surface area (Å²) in [5, 5.41) is 0. The fourth-order valence-corrected chi connectivity index (χ4v) is 2.67. The first-order valence-electron chi connectivity index (χ1n) is 2.60. The molecule has 2 unspecified atom stereocenters. The first kappa shape index (κ1) is 9.24. The van der Waals surface area contributed by atoms with Crippen LogP contribution in [-0.2, 0) is 10.8 Å². The van der Waals surface area contributed by atoms with E-state index in [-0.39, 0.29) is 4.58 Å². The van der Waals surface area contributed by atoms with Crippen molar-refractivity contribution in [2.45, 2.75) is 11.5 Å². The van der Waals surface area contributed by atoms with E-state index in [4.69, 9.17) is 0 Å². The molecule has 0 fully saturated rings. The van der Waals surface area contributed by atoms with E-state index in [9.17, 15) is 4.21 Å². The number of hydrogen-bond acceptors (Lipinski definition) is 2. The lowest BCUT2D eigenvalue weighted by Gasteiger charge is -2.09. The van der Waals surface area contributed by atoms with Crippen LogP contribution in [0.5, 0.6) is 0 Å². The number of rotatable bonds is 3. The summed E-state index contributed by atoms with van der Waals surface area (Å²) < 4.78 is 11.0. The third kappa shape index (κ3) is 3.06. The minimum Gasteiger partial charge on any atom is -0.258 e. The van der Waals surface area contributed by atoms with Gasteiger partial charge in [-0.1, -0.05) is 12.2 Å². The molecule has 0 spiro atoms. The summed E-state index contributed by atoms with van der Waals surface area (Å²) in [6, 6.07) is 0. The molecule has 0 saturated carbocycles. The Morgan fingerprint density at radius 1 is 1.78 bits per heavy atom. The number of thioether (sulfide) groups is 1. The highest BCUT2D eigenvalue weighted by molar-refractivity contribution is 8.11. The van der Waals surface area contributed by atoms with Crippen molar-refractivity contribution in [3.63, 3.8) is 0 Å². The van der Waals surface area contributed by atoms with Crippen LogP contribution in [0.25, 0.3) is 0 Å². The molecule has 2 atom stereocenters. The van der Waals surface area contributed by atoms with E-state index >= 15 is 0 Å². The monoisotopic (exact) mass is 164 g/mol. The average molecular weight is 164 g/mol. The normalized spacial score (nSPS) is 16.8. The van der Waals surface area contributed by atoms with Crippen LogP contribution in [0.15, 0.2) is 12.2 Å². The largest absolute Gasteiger partial charge is 0.258 e. The van der Waals surface area contributed by atoms with Gasteiger partial charge in [0.25, 0.3) is 0 Å². The smallest absolute Gasteiger partial charge is 0.0999 e. The predicted octanol–water partition coefficient (Wildman–Crippen LogP) is 1.63.